The van der Waals surface area contributed by atoms with Crippen molar-refractivity contribution < 1.29 is 5.11 Å². The molecule has 0 radical (unpaired) electrons. The Bertz CT molecular complexity index is 313. The van der Waals surface area contributed by atoms with Crippen LogP contribution in [0.1, 0.15) is 44.9 Å². The summed E-state index contributed by atoms with van der Waals surface area (Å²) >= 11 is 0. The fourth-order valence-electron chi connectivity index (χ4n) is 4.19. The van der Waals surface area contributed by atoms with Gasteiger partial charge in [0.2, 0.25) is 0 Å². The van der Waals surface area contributed by atoms with Gasteiger partial charge in [-0.1, -0.05) is 12.8 Å². The second kappa shape index (κ2) is 7.40. The highest BCUT2D eigenvalue weighted by Crippen LogP contribution is 2.39. The predicted octanol–water partition coefficient (Wildman–Crippen LogP) is 1.30. The van der Waals surface area contributed by atoms with Crippen molar-refractivity contribution in [3.8, 4) is 0 Å². The quantitative estimate of drug-likeness (QED) is 0.742. The molecule has 122 valence electrons. The van der Waals surface area contributed by atoms with Gasteiger partial charge in [-0.3, -0.25) is 4.90 Å². The van der Waals surface area contributed by atoms with E-state index in [-0.39, 0.29) is 0 Å². The lowest BCUT2D eigenvalue weighted by Crippen LogP contribution is -2.44. The van der Waals surface area contributed by atoms with Gasteiger partial charge in [0.25, 0.3) is 0 Å². The first-order valence-corrected chi connectivity index (χ1v) is 9.09. The zero-order chi connectivity index (χ0) is 14.5. The molecule has 4 heteroatoms. The van der Waals surface area contributed by atoms with Crippen LogP contribution in [0.15, 0.2) is 0 Å². The fourth-order valence-corrected chi connectivity index (χ4v) is 4.19. The second-order valence-corrected chi connectivity index (χ2v) is 7.56. The van der Waals surface area contributed by atoms with Gasteiger partial charge in [0.15, 0.2) is 0 Å². The monoisotopic (exact) mass is 295 g/mol. The summed E-state index contributed by atoms with van der Waals surface area (Å²) in [6, 6.07) is 0.839. The Hall–Kier alpha value is -0.160. The van der Waals surface area contributed by atoms with Crippen molar-refractivity contribution in [2.75, 3.05) is 52.4 Å². The molecule has 2 saturated carbocycles. The molecule has 0 aromatic carbocycles. The Morgan fingerprint density at radius 1 is 0.952 bits per heavy atom. The van der Waals surface area contributed by atoms with Gasteiger partial charge in [-0.05, 0) is 50.6 Å². The van der Waals surface area contributed by atoms with Gasteiger partial charge in [0.05, 0.1) is 6.61 Å². The first kappa shape index (κ1) is 15.7. The van der Waals surface area contributed by atoms with E-state index in [1.54, 1.807) is 0 Å². The lowest BCUT2D eigenvalue weighted by atomic mass is 9.85. The summed E-state index contributed by atoms with van der Waals surface area (Å²) in [5, 5.41) is 12.9. The number of aliphatic hydroxyl groups is 1. The smallest absolute Gasteiger partial charge is 0.0558 e. The molecule has 0 aromatic rings. The molecule has 0 unspecified atom stereocenters. The zero-order valence-electron chi connectivity index (χ0n) is 13.5. The van der Waals surface area contributed by atoms with Crippen LogP contribution in [0, 0.1) is 5.41 Å². The average molecular weight is 295 g/mol. The summed E-state index contributed by atoms with van der Waals surface area (Å²) in [7, 11) is 0. The maximum Gasteiger partial charge on any atom is 0.0558 e. The summed E-state index contributed by atoms with van der Waals surface area (Å²) in [6.45, 7) is 8.40. The van der Waals surface area contributed by atoms with Crippen molar-refractivity contribution in [2.24, 2.45) is 5.41 Å². The molecular formula is C17H33N3O. The predicted molar refractivity (Wildman–Crippen MR) is 86.5 cm³/mol. The summed E-state index contributed by atoms with van der Waals surface area (Å²) in [5.41, 5.74) is 0.550. The van der Waals surface area contributed by atoms with Crippen molar-refractivity contribution in [3.05, 3.63) is 0 Å². The van der Waals surface area contributed by atoms with E-state index in [0.717, 1.165) is 25.7 Å². The molecule has 21 heavy (non-hydrogen) atoms. The third-order valence-electron chi connectivity index (χ3n) is 5.66. The van der Waals surface area contributed by atoms with Crippen LogP contribution in [0.4, 0.5) is 0 Å². The molecular weight excluding hydrogens is 262 g/mol. The van der Waals surface area contributed by atoms with Crippen LogP contribution < -0.4 is 5.32 Å². The number of nitrogens with one attached hydrogen (secondary N) is 1. The van der Waals surface area contributed by atoms with Crippen molar-refractivity contribution in [2.45, 2.75) is 51.0 Å². The van der Waals surface area contributed by atoms with Crippen LogP contribution in [0.5, 0.6) is 0 Å². The normalized spacial score (nSPS) is 27.9. The maximum atomic E-state index is 9.11. The number of aliphatic hydroxyl groups excluding tert-OH is 1. The molecule has 0 bridgehead atoms. The van der Waals surface area contributed by atoms with Crippen LogP contribution in [0.3, 0.4) is 0 Å². The van der Waals surface area contributed by atoms with Crippen molar-refractivity contribution in [1.82, 2.24) is 15.1 Å². The summed E-state index contributed by atoms with van der Waals surface area (Å²) in [5.74, 6) is 0. The number of β-amino-alcohol motifs (C(OH)–C–C–N with tert-alkyl or cyclic N) is 1. The summed E-state index contributed by atoms with van der Waals surface area (Å²) in [4.78, 5) is 5.13. The van der Waals surface area contributed by atoms with Gasteiger partial charge in [-0.15, -0.1) is 0 Å². The minimum absolute atomic E-state index is 0.301. The maximum absolute atomic E-state index is 9.11. The van der Waals surface area contributed by atoms with E-state index in [9.17, 15) is 0 Å². The molecule has 1 aliphatic heterocycles. The Labute approximate surface area is 129 Å². The Morgan fingerprint density at radius 3 is 2.38 bits per heavy atom. The molecule has 0 aromatic heterocycles. The third-order valence-corrected chi connectivity index (χ3v) is 5.66. The van der Waals surface area contributed by atoms with Crippen LogP contribution >= 0.6 is 0 Å². The SMILES string of the molecule is OCCN1CCCN(CC2(CNC3CC3)CCCC2)CC1. The molecule has 4 nitrogen and oxygen atoms in total. The van der Waals surface area contributed by atoms with Gasteiger partial charge >= 0.3 is 0 Å². The molecule has 3 rings (SSSR count). The van der Waals surface area contributed by atoms with Gasteiger partial charge < -0.3 is 15.3 Å². The van der Waals surface area contributed by atoms with E-state index in [2.05, 4.69) is 15.1 Å². The number of rotatable bonds is 7. The summed E-state index contributed by atoms with van der Waals surface area (Å²) in [6.07, 6.45) is 9.75. The van der Waals surface area contributed by atoms with Gasteiger partial charge in [-0.25, -0.2) is 0 Å². The zero-order valence-corrected chi connectivity index (χ0v) is 13.5. The molecule has 2 aliphatic carbocycles. The summed E-state index contributed by atoms with van der Waals surface area (Å²) < 4.78 is 0. The van der Waals surface area contributed by atoms with Gasteiger partial charge in [-0.2, -0.15) is 0 Å². The van der Waals surface area contributed by atoms with E-state index >= 15 is 0 Å². The van der Waals surface area contributed by atoms with Gasteiger partial charge in [0, 0.05) is 38.8 Å². The van der Waals surface area contributed by atoms with Crippen LogP contribution in [0.2, 0.25) is 0 Å². The van der Waals surface area contributed by atoms with Crippen LogP contribution in [-0.2, 0) is 0 Å². The van der Waals surface area contributed by atoms with Crippen LogP contribution in [-0.4, -0.2) is 73.4 Å². The number of nitrogens with zero attached hydrogens (tertiary/aromatic N) is 2. The number of hydrogen-bond acceptors (Lipinski definition) is 4. The highest BCUT2D eigenvalue weighted by molar-refractivity contribution is 4.93. The molecule has 1 heterocycles. The first-order chi connectivity index (χ1) is 10.3. The van der Waals surface area contributed by atoms with Crippen molar-refractivity contribution in [3.63, 3.8) is 0 Å². The van der Waals surface area contributed by atoms with Gasteiger partial charge in [0.1, 0.15) is 0 Å². The third kappa shape index (κ3) is 4.65. The molecule has 3 aliphatic rings. The van der Waals surface area contributed by atoms with E-state index < -0.39 is 0 Å². The molecule has 0 amide bonds. The Balaban J connectivity index is 1.50. The van der Waals surface area contributed by atoms with Crippen LogP contribution in [0.25, 0.3) is 0 Å². The van der Waals surface area contributed by atoms with Crippen molar-refractivity contribution >= 4 is 0 Å². The average Bonchev–Trinajstić information content (AvgIpc) is 3.24. The second-order valence-electron chi connectivity index (χ2n) is 7.56. The highest BCUT2D eigenvalue weighted by atomic mass is 16.3. The molecule has 3 fully saturated rings. The largest absolute Gasteiger partial charge is 0.395 e. The first-order valence-electron chi connectivity index (χ1n) is 9.09. The molecule has 2 N–H and O–H groups in total. The topological polar surface area (TPSA) is 38.7 Å². The fraction of sp³-hybridized carbons (Fsp3) is 1.00. The minimum Gasteiger partial charge on any atom is -0.395 e. The van der Waals surface area contributed by atoms with E-state index in [4.69, 9.17) is 5.11 Å². The molecule has 0 spiro atoms. The van der Waals surface area contributed by atoms with Crippen molar-refractivity contribution in [1.29, 1.82) is 0 Å². The molecule has 0 atom stereocenters. The van der Waals surface area contributed by atoms with E-state index in [1.807, 2.05) is 0 Å². The number of hydrogen-bond donors (Lipinski definition) is 2. The Morgan fingerprint density at radius 2 is 1.67 bits per heavy atom. The minimum atomic E-state index is 0.301. The van der Waals surface area contributed by atoms with E-state index in [0.29, 0.717) is 12.0 Å². The highest BCUT2D eigenvalue weighted by Gasteiger charge is 2.37. The molecule has 1 saturated heterocycles. The lowest BCUT2D eigenvalue weighted by Gasteiger charge is -2.35. The lowest BCUT2D eigenvalue weighted by molar-refractivity contribution is 0.147. The standard InChI is InChI=1S/C17H33N3O/c21-13-12-19-8-3-9-20(11-10-19)15-17(6-1-2-7-17)14-18-16-4-5-16/h16,18,21H,1-15H2. The van der Waals surface area contributed by atoms with E-state index in [1.165, 1.54) is 71.1 Å². The Kier molecular flexibility index (Phi) is 5.54.